The molecule has 1 aromatic heterocycles. The van der Waals surface area contributed by atoms with Gasteiger partial charge in [0.25, 0.3) is 0 Å². The number of carbonyl (C=O) groups excluding carboxylic acids is 4. The van der Waals surface area contributed by atoms with Gasteiger partial charge in [0.15, 0.2) is 0 Å². The van der Waals surface area contributed by atoms with Crippen LogP contribution in [0.4, 0.5) is 0 Å². The molecule has 0 radical (unpaired) electrons. The minimum absolute atomic E-state index is 0.0269. The van der Waals surface area contributed by atoms with Gasteiger partial charge in [-0.15, -0.1) is 0 Å². The number of hydrogen-bond acceptors (Lipinski definition) is 7. The van der Waals surface area contributed by atoms with Crippen molar-refractivity contribution in [2.24, 2.45) is 11.5 Å². The van der Waals surface area contributed by atoms with Gasteiger partial charge in [0.2, 0.25) is 23.6 Å². The number of aliphatic carboxylic acids is 1. The Labute approximate surface area is 212 Å². The van der Waals surface area contributed by atoms with Gasteiger partial charge in [0.05, 0.1) is 18.6 Å². The number of para-hydroxylation sites is 1. The van der Waals surface area contributed by atoms with Crippen molar-refractivity contribution in [3.05, 3.63) is 36.0 Å². The van der Waals surface area contributed by atoms with E-state index >= 15 is 0 Å². The molecule has 2 aromatic rings. The predicted octanol–water partition coefficient (Wildman–Crippen LogP) is -1.66. The number of primary amides is 1. The summed E-state index contributed by atoms with van der Waals surface area (Å²) in [5.41, 5.74) is 12.2. The molecule has 1 saturated heterocycles. The molecule has 0 spiro atoms. The van der Waals surface area contributed by atoms with E-state index in [4.69, 9.17) is 11.5 Å². The van der Waals surface area contributed by atoms with E-state index in [1.165, 1.54) is 11.8 Å². The number of H-pyrrole nitrogens is 1. The number of likely N-dealkylation sites (tertiary alicyclic amines) is 1. The summed E-state index contributed by atoms with van der Waals surface area (Å²) in [5, 5.41) is 25.4. The second kappa shape index (κ2) is 11.8. The topological polar surface area (TPSA) is 221 Å². The van der Waals surface area contributed by atoms with Crippen molar-refractivity contribution >= 4 is 40.5 Å². The van der Waals surface area contributed by atoms with Gasteiger partial charge in [-0.2, -0.15) is 0 Å². The van der Waals surface area contributed by atoms with Crippen molar-refractivity contribution in [1.29, 1.82) is 0 Å². The SMILES string of the molecule is CC(O)C(NC(=O)C(N)CC(N)=O)C(=O)NC(Cc1c[nH]c2ccccc12)C(=O)N1CCCC1C(=O)O. The molecule has 0 aliphatic carbocycles. The number of nitrogens with two attached hydrogens (primary N) is 2. The molecule has 13 heteroatoms. The third-order valence-electron chi connectivity index (χ3n) is 6.35. The van der Waals surface area contributed by atoms with Crippen LogP contribution in [0.2, 0.25) is 0 Å². The van der Waals surface area contributed by atoms with Crippen molar-refractivity contribution in [3.8, 4) is 0 Å². The van der Waals surface area contributed by atoms with Crippen LogP contribution >= 0.6 is 0 Å². The van der Waals surface area contributed by atoms with E-state index in [2.05, 4.69) is 15.6 Å². The first-order chi connectivity index (χ1) is 17.5. The van der Waals surface area contributed by atoms with Crippen molar-refractivity contribution in [2.75, 3.05) is 6.54 Å². The third-order valence-corrected chi connectivity index (χ3v) is 6.35. The molecule has 1 aromatic carbocycles. The van der Waals surface area contributed by atoms with E-state index in [1.54, 1.807) is 6.20 Å². The Kier molecular flexibility index (Phi) is 8.84. The first kappa shape index (κ1) is 27.6. The number of carboxylic acids is 1. The van der Waals surface area contributed by atoms with E-state index in [-0.39, 0.29) is 13.0 Å². The van der Waals surface area contributed by atoms with Crippen LogP contribution in [0.3, 0.4) is 0 Å². The summed E-state index contributed by atoms with van der Waals surface area (Å²) in [5.74, 6) is -4.31. The Morgan fingerprint density at radius 1 is 1.16 bits per heavy atom. The normalized spacial score (nSPS) is 18.6. The molecule has 2 heterocycles. The van der Waals surface area contributed by atoms with Crippen LogP contribution in [0, 0.1) is 0 Å². The lowest BCUT2D eigenvalue weighted by atomic mass is 10.0. The average Bonchev–Trinajstić information content (AvgIpc) is 3.48. The second-order valence-electron chi connectivity index (χ2n) is 9.16. The molecule has 1 aliphatic rings. The fraction of sp³-hybridized carbons (Fsp3) is 0.458. The molecule has 1 fully saturated rings. The number of amides is 4. The van der Waals surface area contributed by atoms with Crippen molar-refractivity contribution in [3.63, 3.8) is 0 Å². The van der Waals surface area contributed by atoms with Crippen LogP contribution in [0.25, 0.3) is 10.9 Å². The Bertz CT molecular complexity index is 1180. The number of aromatic nitrogens is 1. The van der Waals surface area contributed by atoms with E-state index < -0.39 is 66.3 Å². The first-order valence-corrected chi connectivity index (χ1v) is 11.9. The number of aromatic amines is 1. The molecule has 37 heavy (non-hydrogen) atoms. The Hall–Kier alpha value is -3.97. The maximum atomic E-state index is 13.5. The fourth-order valence-electron chi connectivity index (χ4n) is 4.44. The summed E-state index contributed by atoms with van der Waals surface area (Å²) in [4.78, 5) is 66.2. The van der Waals surface area contributed by atoms with Gasteiger partial charge < -0.3 is 42.2 Å². The van der Waals surface area contributed by atoms with E-state index in [1.807, 2.05) is 24.3 Å². The zero-order valence-corrected chi connectivity index (χ0v) is 20.3. The number of fused-ring (bicyclic) bond motifs is 1. The van der Waals surface area contributed by atoms with E-state index in [9.17, 15) is 34.2 Å². The second-order valence-corrected chi connectivity index (χ2v) is 9.16. The number of aliphatic hydroxyl groups excluding tert-OH is 1. The molecule has 0 bridgehead atoms. The molecule has 5 atom stereocenters. The Morgan fingerprint density at radius 3 is 2.51 bits per heavy atom. The molecule has 9 N–H and O–H groups in total. The number of aliphatic hydroxyl groups is 1. The van der Waals surface area contributed by atoms with Crippen LogP contribution < -0.4 is 22.1 Å². The van der Waals surface area contributed by atoms with E-state index in [0.717, 1.165) is 10.9 Å². The first-order valence-electron chi connectivity index (χ1n) is 11.9. The lowest BCUT2D eigenvalue weighted by Gasteiger charge is -2.29. The number of rotatable bonds is 11. The molecule has 3 rings (SSSR count). The lowest BCUT2D eigenvalue weighted by Crippen LogP contribution is -2.60. The van der Waals surface area contributed by atoms with Crippen molar-refractivity contribution < 1.29 is 34.2 Å². The summed E-state index contributed by atoms with van der Waals surface area (Å²) in [6.07, 6.45) is 0.672. The number of nitrogens with one attached hydrogen (secondary N) is 3. The van der Waals surface area contributed by atoms with Gasteiger partial charge in [-0.1, -0.05) is 18.2 Å². The minimum atomic E-state index is -1.50. The molecule has 4 amide bonds. The number of carbonyl (C=O) groups is 5. The van der Waals surface area contributed by atoms with Crippen LogP contribution in [-0.2, 0) is 30.4 Å². The average molecular weight is 517 g/mol. The molecular weight excluding hydrogens is 484 g/mol. The summed E-state index contributed by atoms with van der Waals surface area (Å²) in [6.45, 7) is 1.48. The van der Waals surface area contributed by atoms with Gasteiger partial charge in [-0.25, -0.2) is 4.79 Å². The Morgan fingerprint density at radius 2 is 1.86 bits per heavy atom. The number of nitrogens with zero attached hydrogens (tertiary/aromatic N) is 1. The van der Waals surface area contributed by atoms with E-state index in [0.29, 0.717) is 18.4 Å². The van der Waals surface area contributed by atoms with Crippen molar-refractivity contribution in [2.45, 2.75) is 62.9 Å². The van der Waals surface area contributed by atoms with Crippen LogP contribution in [-0.4, -0.2) is 86.5 Å². The minimum Gasteiger partial charge on any atom is -0.480 e. The molecular formula is C24H32N6O7. The highest BCUT2D eigenvalue weighted by molar-refractivity contribution is 5.96. The fourth-order valence-corrected chi connectivity index (χ4v) is 4.44. The molecule has 200 valence electrons. The summed E-state index contributed by atoms with van der Waals surface area (Å²) < 4.78 is 0. The predicted molar refractivity (Wildman–Crippen MR) is 132 cm³/mol. The molecule has 13 nitrogen and oxygen atoms in total. The lowest BCUT2D eigenvalue weighted by molar-refractivity contribution is -0.149. The van der Waals surface area contributed by atoms with Gasteiger partial charge in [-0.3, -0.25) is 19.2 Å². The zero-order valence-electron chi connectivity index (χ0n) is 20.3. The monoisotopic (exact) mass is 516 g/mol. The zero-order chi connectivity index (χ0) is 27.3. The Balaban J connectivity index is 1.86. The standard InChI is InChI=1S/C24H32N6O7/c1-12(31)20(29-21(33)15(25)10-19(26)32)22(34)28-17(23(35)30-8-4-7-18(30)24(36)37)9-13-11-27-16-6-3-2-5-14(13)16/h2-3,5-6,11-12,15,17-18,20,27,31H,4,7-10,25H2,1H3,(H2,26,32)(H,28,34)(H,29,33)(H,36,37). The van der Waals surface area contributed by atoms with Crippen LogP contribution in [0.1, 0.15) is 31.7 Å². The summed E-state index contributed by atoms with van der Waals surface area (Å²) in [7, 11) is 0. The van der Waals surface area contributed by atoms with Crippen LogP contribution in [0.5, 0.6) is 0 Å². The highest BCUT2D eigenvalue weighted by Gasteiger charge is 2.39. The summed E-state index contributed by atoms with van der Waals surface area (Å²) >= 11 is 0. The quantitative estimate of drug-likeness (QED) is 0.183. The van der Waals surface area contributed by atoms with Gasteiger partial charge in [0, 0.05) is 30.1 Å². The number of carboxylic acid groups (broad SMARTS) is 1. The van der Waals surface area contributed by atoms with Crippen LogP contribution in [0.15, 0.2) is 30.5 Å². The van der Waals surface area contributed by atoms with Gasteiger partial charge >= 0.3 is 5.97 Å². The highest BCUT2D eigenvalue weighted by Crippen LogP contribution is 2.23. The van der Waals surface area contributed by atoms with Crippen molar-refractivity contribution in [1.82, 2.24) is 20.5 Å². The maximum Gasteiger partial charge on any atom is 0.326 e. The highest BCUT2D eigenvalue weighted by atomic mass is 16.4. The number of hydrogen-bond donors (Lipinski definition) is 7. The smallest absolute Gasteiger partial charge is 0.326 e. The van der Waals surface area contributed by atoms with Gasteiger partial charge in [-0.05, 0) is 31.4 Å². The molecule has 1 aliphatic heterocycles. The maximum absolute atomic E-state index is 13.5. The molecule has 5 unspecified atom stereocenters. The number of benzene rings is 1. The molecule has 0 saturated carbocycles. The third kappa shape index (κ3) is 6.62. The van der Waals surface area contributed by atoms with Gasteiger partial charge in [0.1, 0.15) is 18.1 Å². The largest absolute Gasteiger partial charge is 0.480 e. The summed E-state index contributed by atoms with van der Waals surface area (Å²) in [6, 6.07) is 2.31.